The molecule has 1 heterocycles. The van der Waals surface area contributed by atoms with Gasteiger partial charge in [0.25, 0.3) is 5.91 Å². The van der Waals surface area contributed by atoms with Crippen molar-refractivity contribution >= 4 is 44.8 Å². The average molecular weight is 392 g/mol. The van der Waals surface area contributed by atoms with Crippen LogP contribution in [0.4, 0.5) is 11.4 Å². The second-order valence-electron chi connectivity index (χ2n) is 4.84. The van der Waals surface area contributed by atoms with Gasteiger partial charge in [0, 0.05) is 15.7 Å². The van der Waals surface area contributed by atoms with E-state index in [9.17, 15) is 4.79 Å². The Morgan fingerprint density at radius 3 is 2.65 bits per heavy atom. The summed E-state index contributed by atoms with van der Waals surface area (Å²) in [7, 11) is 0. The first-order valence-corrected chi connectivity index (χ1v) is 7.93. The number of halogens is 2. The summed E-state index contributed by atoms with van der Waals surface area (Å²) < 4.78 is 6.53. The number of hydrogen-bond acceptors (Lipinski definition) is 3. The average Bonchev–Trinajstić information content (AvgIpc) is 3.00. The Hall–Kier alpha value is -2.24. The topological polar surface area (TPSA) is 68.3 Å². The summed E-state index contributed by atoms with van der Waals surface area (Å²) in [6.45, 7) is 0. The number of carbonyl (C=O) groups excluding carboxylic acids is 1. The van der Waals surface area contributed by atoms with Gasteiger partial charge in [-0.1, -0.05) is 45.7 Å². The van der Waals surface area contributed by atoms with Crippen LogP contribution in [0.5, 0.6) is 0 Å². The van der Waals surface area contributed by atoms with E-state index < -0.39 is 0 Å². The molecular weight excluding hydrogens is 380 g/mol. The predicted octanol–water partition coefficient (Wildman–Crippen LogP) is 5.20. The highest BCUT2D eigenvalue weighted by atomic mass is 79.9. The third kappa shape index (κ3) is 3.41. The summed E-state index contributed by atoms with van der Waals surface area (Å²) in [6, 6.07) is 15.9. The van der Waals surface area contributed by atoms with Crippen LogP contribution in [-0.4, -0.2) is 5.91 Å². The molecule has 0 saturated carbocycles. The summed E-state index contributed by atoms with van der Waals surface area (Å²) in [5.41, 5.74) is 7.51. The lowest BCUT2D eigenvalue weighted by Crippen LogP contribution is -2.11. The molecule has 23 heavy (non-hydrogen) atoms. The largest absolute Gasteiger partial charge is 0.451 e. The zero-order valence-electron chi connectivity index (χ0n) is 11.8. The van der Waals surface area contributed by atoms with Crippen molar-refractivity contribution in [3.8, 4) is 11.3 Å². The summed E-state index contributed by atoms with van der Waals surface area (Å²) in [4.78, 5) is 12.3. The Bertz CT molecular complexity index is 877. The van der Waals surface area contributed by atoms with E-state index in [2.05, 4.69) is 21.2 Å². The van der Waals surface area contributed by atoms with Gasteiger partial charge in [-0.05, 0) is 36.4 Å². The van der Waals surface area contributed by atoms with Crippen LogP contribution in [0.25, 0.3) is 11.3 Å². The maximum atomic E-state index is 12.3. The monoisotopic (exact) mass is 390 g/mol. The third-order valence-electron chi connectivity index (χ3n) is 3.21. The smallest absolute Gasteiger partial charge is 0.291 e. The fraction of sp³-hybridized carbons (Fsp3) is 0. The molecule has 0 spiro atoms. The number of anilines is 2. The first-order valence-electron chi connectivity index (χ1n) is 6.76. The van der Waals surface area contributed by atoms with Gasteiger partial charge in [0.1, 0.15) is 5.76 Å². The summed E-state index contributed by atoms with van der Waals surface area (Å²) >= 11 is 9.51. The van der Waals surface area contributed by atoms with Crippen LogP contribution < -0.4 is 11.1 Å². The Kier molecular flexibility index (Phi) is 4.41. The predicted molar refractivity (Wildman–Crippen MR) is 95.7 cm³/mol. The lowest BCUT2D eigenvalue weighted by Gasteiger charge is -2.06. The van der Waals surface area contributed by atoms with Crippen molar-refractivity contribution in [3.05, 3.63) is 69.9 Å². The molecule has 2 aromatic carbocycles. The molecule has 0 atom stereocenters. The van der Waals surface area contributed by atoms with Crippen LogP contribution in [0, 0.1) is 0 Å². The first kappa shape index (κ1) is 15.6. The van der Waals surface area contributed by atoms with Crippen molar-refractivity contribution in [1.29, 1.82) is 0 Å². The van der Waals surface area contributed by atoms with Gasteiger partial charge in [-0.15, -0.1) is 0 Å². The second-order valence-corrected chi connectivity index (χ2v) is 6.10. The van der Waals surface area contributed by atoms with Gasteiger partial charge in [-0.3, -0.25) is 4.79 Å². The fourth-order valence-corrected chi connectivity index (χ4v) is 2.80. The first-order chi connectivity index (χ1) is 11.0. The standard InChI is InChI=1S/C17H12BrClN2O2/c18-12-4-2-1-3-11(12)15-7-8-16(23-15)17(22)21-14-6-5-10(20)9-13(14)19/h1-9H,20H2,(H,21,22). The number of rotatable bonds is 3. The number of furan rings is 1. The van der Waals surface area contributed by atoms with E-state index in [0.29, 0.717) is 22.2 Å². The van der Waals surface area contributed by atoms with Crippen molar-refractivity contribution in [1.82, 2.24) is 0 Å². The summed E-state index contributed by atoms with van der Waals surface area (Å²) in [5, 5.41) is 3.07. The molecule has 0 saturated heterocycles. The highest BCUT2D eigenvalue weighted by molar-refractivity contribution is 9.10. The Morgan fingerprint density at radius 2 is 1.91 bits per heavy atom. The molecule has 0 aliphatic heterocycles. The Labute approximate surface area is 146 Å². The minimum Gasteiger partial charge on any atom is -0.451 e. The quantitative estimate of drug-likeness (QED) is 0.603. The highest BCUT2D eigenvalue weighted by Crippen LogP contribution is 2.30. The van der Waals surface area contributed by atoms with Crippen LogP contribution >= 0.6 is 27.5 Å². The number of nitrogen functional groups attached to an aromatic ring is 1. The number of nitrogens with one attached hydrogen (secondary N) is 1. The van der Waals surface area contributed by atoms with E-state index in [1.807, 2.05) is 24.3 Å². The van der Waals surface area contributed by atoms with E-state index in [1.54, 1.807) is 30.3 Å². The molecule has 0 radical (unpaired) electrons. The molecule has 3 aromatic rings. The van der Waals surface area contributed by atoms with Crippen LogP contribution in [-0.2, 0) is 0 Å². The Morgan fingerprint density at radius 1 is 1.13 bits per heavy atom. The minimum absolute atomic E-state index is 0.198. The van der Waals surface area contributed by atoms with Crippen LogP contribution in [0.1, 0.15) is 10.6 Å². The van der Waals surface area contributed by atoms with Crippen molar-refractivity contribution in [2.75, 3.05) is 11.1 Å². The normalized spacial score (nSPS) is 10.5. The van der Waals surface area contributed by atoms with Gasteiger partial charge < -0.3 is 15.5 Å². The van der Waals surface area contributed by atoms with Gasteiger partial charge in [0.2, 0.25) is 0 Å². The summed E-state index contributed by atoms with van der Waals surface area (Å²) in [6.07, 6.45) is 0. The molecule has 0 aliphatic carbocycles. The maximum Gasteiger partial charge on any atom is 0.291 e. The molecule has 4 nitrogen and oxygen atoms in total. The van der Waals surface area contributed by atoms with Gasteiger partial charge >= 0.3 is 0 Å². The minimum atomic E-state index is -0.380. The van der Waals surface area contributed by atoms with Crippen molar-refractivity contribution in [2.45, 2.75) is 0 Å². The molecule has 0 fully saturated rings. The second kappa shape index (κ2) is 6.48. The molecule has 116 valence electrons. The summed E-state index contributed by atoms with van der Waals surface area (Å²) in [5.74, 6) is 0.421. The molecule has 6 heteroatoms. The number of amides is 1. The Balaban J connectivity index is 1.83. The number of hydrogen-bond donors (Lipinski definition) is 2. The fourth-order valence-electron chi connectivity index (χ4n) is 2.08. The molecule has 0 bridgehead atoms. The SMILES string of the molecule is Nc1ccc(NC(=O)c2ccc(-c3ccccc3Br)o2)c(Cl)c1. The van der Waals surface area contributed by atoms with E-state index in [-0.39, 0.29) is 11.7 Å². The van der Waals surface area contributed by atoms with Gasteiger partial charge in [0.15, 0.2) is 5.76 Å². The lowest BCUT2D eigenvalue weighted by atomic mass is 10.2. The van der Waals surface area contributed by atoms with Crippen molar-refractivity contribution in [3.63, 3.8) is 0 Å². The van der Waals surface area contributed by atoms with Gasteiger partial charge in [0.05, 0.1) is 10.7 Å². The van der Waals surface area contributed by atoms with Crippen molar-refractivity contribution < 1.29 is 9.21 Å². The molecule has 1 amide bonds. The molecule has 1 aromatic heterocycles. The van der Waals surface area contributed by atoms with Crippen molar-refractivity contribution in [2.24, 2.45) is 0 Å². The number of carbonyl (C=O) groups is 1. The van der Waals surface area contributed by atoms with Crippen LogP contribution in [0.2, 0.25) is 5.02 Å². The zero-order chi connectivity index (χ0) is 16.4. The molecule has 3 N–H and O–H groups in total. The third-order valence-corrected chi connectivity index (χ3v) is 4.21. The highest BCUT2D eigenvalue weighted by Gasteiger charge is 2.15. The van der Waals surface area contributed by atoms with Crippen LogP contribution in [0.15, 0.2) is 63.5 Å². The molecule has 0 unspecified atom stereocenters. The van der Waals surface area contributed by atoms with Gasteiger partial charge in [-0.2, -0.15) is 0 Å². The number of nitrogens with two attached hydrogens (primary N) is 1. The van der Waals surface area contributed by atoms with E-state index in [0.717, 1.165) is 10.0 Å². The van der Waals surface area contributed by atoms with Crippen LogP contribution in [0.3, 0.4) is 0 Å². The van der Waals surface area contributed by atoms with E-state index >= 15 is 0 Å². The molecular formula is C17H12BrClN2O2. The zero-order valence-corrected chi connectivity index (χ0v) is 14.2. The number of benzene rings is 2. The lowest BCUT2D eigenvalue weighted by molar-refractivity contribution is 0.0997. The molecule has 0 aliphatic rings. The molecule has 3 rings (SSSR count). The van der Waals surface area contributed by atoms with Gasteiger partial charge in [-0.25, -0.2) is 0 Å². The van der Waals surface area contributed by atoms with E-state index in [1.165, 1.54) is 0 Å². The maximum absolute atomic E-state index is 12.3. The van der Waals surface area contributed by atoms with E-state index in [4.69, 9.17) is 21.8 Å².